The molecule has 0 aromatic rings. The molecule has 1 N–H and O–H groups in total. The SMILES string of the molecule is CCC(O)CCCOC(C)C. The van der Waals surface area contributed by atoms with Crippen LogP contribution in [-0.4, -0.2) is 23.9 Å². The zero-order chi connectivity index (χ0) is 8.69. The third-order valence-electron chi connectivity index (χ3n) is 1.60. The molecule has 2 heteroatoms. The van der Waals surface area contributed by atoms with E-state index >= 15 is 0 Å². The molecular formula is C9H20O2. The summed E-state index contributed by atoms with van der Waals surface area (Å²) in [6.07, 6.45) is 2.86. The predicted octanol–water partition coefficient (Wildman–Crippen LogP) is 1.96. The maximum absolute atomic E-state index is 9.17. The summed E-state index contributed by atoms with van der Waals surface area (Å²) in [5.41, 5.74) is 0. The average Bonchev–Trinajstić information content (AvgIpc) is 1.97. The summed E-state index contributed by atoms with van der Waals surface area (Å²) >= 11 is 0. The molecule has 0 bridgehead atoms. The Labute approximate surface area is 69.6 Å². The quantitative estimate of drug-likeness (QED) is 0.602. The van der Waals surface area contributed by atoms with Gasteiger partial charge in [-0.3, -0.25) is 0 Å². The summed E-state index contributed by atoms with van der Waals surface area (Å²) in [6, 6.07) is 0. The van der Waals surface area contributed by atoms with Crippen LogP contribution in [0.3, 0.4) is 0 Å². The molecule has 0 aromatic heterocycles. The summed E-state index contributed by atoms with van der Waals surface area (Å²) in [4.78, 5) is 0. The highest BCUT2D eigenvalue weighted by Gasteiger charge is 2.00. The lowest BCUT2D eigenvalue weighted by atomic mass is 10.1. The zero-order valence-electron chi connectivity index (χ0n) is 7.84. The lowest BCUT2D eigenvalue weighted by Crippen LogP contribution is -2.08. The molecule has 11 heavy (non-hydrogen) atoms. The van der Waals surface area contributed by atoms with Gasteiger partial charge in [-0.1, -0.05) is 6.92 Å². The van der Waals surface area contributed by atoms with Gasteiger partial charge in [0.25, 0.3) is 0 Å². The van der Waals surface area contributed by atoms with Gasteiger partial charge in [0.1, 0.15) is 0 Å². The number of hydrogen-bond donors (Lipinski definition) is 1. The standard InChI is InChI=1S/C9H20O2/c1-4-9(10)6-5-7-11-8(2)3/h8-10H,4-7H2,1-3H3. The Morgan fingerprint density at radius 3 is 2.45 bits per heavy atom. The maximum atomic E-state index is 9.17. The molecule has 0 heterocycles. The highest BCUT2D eigenvalue weighted by Crippen LogP contribution is 2.01. The van der Waals surface area contributed by atoms with Crippen molar-refractivity contribution < 1.29 is 9.84 Å². The molecule has 0 rings (SSSR count). The first-order chi connectivity index (χ1) is 5.16. The Morgan fingerprint density at radius 2 is 2.00 bits per heavy atom. The fraction of sp³-hybridized carbons (Fsp3) is 1.00. The Bertz CT molecular complexity index is 81.6. The highest BCUT2D eigenvalue weighted by molar-refractivity contribution is 4.51. The van der Waals surface area contributed by atoms with Gasteiger partial charge in [0.2, 0.25) is 0 Å². The Kier molecular flexibility index (Phi) is 6.57. The molecule has 0 amide bonds. The first kappa shape index (κ1) is 10.9. The average molecular weight is 160 g/mol. The second kappa shape index (κ2) is 6.62. The Morgan fingerprint density at radius 1 is 1.36 bits per heavy atom. The van der Waals surface area contributed by atoms with Crippen molar-refractivity contribution in [2.24, 2.45) is 0 Å². The molecule has 0 aromatic carbocycles. The van der Waals surface area contributed by atoms with Crippen molar-refractivity contribution in [3.63, 3.8) is 0 Å². The predicted molar refractivity (Wildman–Crippen MR) is 46.6 cm³/mol. The molecule has 0 aliphatic heterocycles. The molecule has 0 fully saturated rings. The van der Waals surface area contributed by atoms with Crippen molar-refractivity contribution in [1.29, 1.82) is 0 Å². The molecule has 0 radical (unpaired) electrons. The molecular weight excluding hydrogens is 140 g/mol. The molecule has 0 spiro atoms. The molecule has 1 atom stereocenters. The van der Waals surface area contributed by atoms with E-state index in [0.29, 0.717) is 6.10 Å². The van der Waals surface area contributed by atoms with Crippen LogP contribution in [0.1, 0.15) is 40.0 Å². The Hall–Kier alpha value is -0.0800. The third-order valence-corrected chi connectivity index (χ3v) is 1.60. The van der Waals surface area contributed by atoms with E-state index in [1.165, 1.54) is 0 Å². The van der Waals surface area contributed by atoms with E-state index in [4.69, 9.17) is 9.84 Å². The number of ether oxygens (including phenoxy) is 1. The third kappa shape index (κ3) is 7.82. The minimum atomic E-state index is -0.134. The summed E-state index contributed by atoms with van der Waals surface area (Å²) in [7, 11) is 0. The first-order valence-corrected chi connectivity index (χ1v) is 4.46. The maximum Gasteiger partial charge on any atom is 0.0538 e. The van der Waals surface area contributed by atoms with Crippen LogP contribution in [-0.2, 0) is 4.74 Å². The van der Waals surface area contributed by atoms with Gasteiger partial charge in [-0.2, -0.15) is 0 Å². The zero-order valence-corrected chi connectivity index (χ0v) is 7.84. The summed E-state index contributed by atoms with van der Waals surface area (Å²) in [5, 5.41) is 9.17. The van der Waals surface area contributed by atoms with Gasteiger partial charge in [-0.05, 0) is 33.1 Å². The topological polar surface area (TPSA) is 29.5 Å². The van der Waals surface area contributed by atoms with Crippen molar-refractivity contribution in [3.8, 4) is 0 Å². The highest BCUT2D eigenvalue weighted by atomic mass is 16.5. The van der Waals surface area contributed by atoms with Gasteiger partial charge in [0, 0.05) is 6.61 Å². The lowest BCUT2D eigenvalue weighted by molar-refractivity contribution is 0.0646. The summed E-state index contributed by atoms with van der Waals surface area (Å²) < 4.78 is 5.33. The van der Waals surface area contributed by atoms with E-state index in [9.17, 15) is 0 Å². The fourth-order valence-electron chi connectivity index (χ4n) is 0.842. The molecule has 68 valence electrons. The molecule has 0 aliphatic carbocycles. The minimum Gasteiger partial charge on any atom is -0.393 e. The van der Waals surface area contributed by atoms with E-state index in [2.05, 4.69) is 0 Å². The van der Waals surface area contributed by atoms with Crippen molar-refractivity contribution in [2.75, 3.05) is 6.61 Å². The van der Waals surface area contributed by atoms with Gasteiger partial charge in [-0.15, -0.1) is 0 Å². The van der Waals surface area contributed by atoms with E-state index in [1.54, 1.807) is 0 Å². The van der Waals surface area contributed by atoms with E-state index in [0.717, 1.165) is 25.9 Å². The van der Waals surface area contributed by atoms with Gasteiger partial charge >= 0.3 is 0 Å². The minimum absolute atomic E-state index is 0.134. The van der Waals surface area contributed by atoms with Gasteiger partial charge in [0.05, 0.1) is 12.2 Å². The largest absolute Gasteiger partial charge is 0.393 e. The normalized spacial score (nSPS) is 13.9. The second-order valence-corrected chi connectivity index (χ2v) is 3.12. The summed E-state index contributed by atoms with van der Waals surface area (Å²) in [6.45, 7) is 6.81. The van der Waals surface area contributed by atoms with Crippen LogP contribution in [0.25, 0.3) is 0 Å². The molecule has 0 aliphatic rings. The molecule has 1 unspecified atom stereocenters. The summed E-state index contributed by atoms with van der Waals surface area (Å²) in [5.74, 6) is 0. The van der Waals surface area contributed by atoms with E-state index in [1.807, 2.05) is 20.8 Å². The van der Waals surface area contributed by atoms with E-state index in [-0.39, 0.29) is 6.10 Å². The molecule has 0 saturated heterocycles. The van der Waals surface area contributed by atoms with Crippen LogP contribution >= 0.6 is 0 Å². The smallest absolute Gasteiger partial charge is 0.0538 e. The number of rotatable bonds is 6. The lowest BCUT2D eigenvalue weighted by Gasteiger charge is -2.09. The van der Waals surface area contributed by atoms with Crippen LogP contribution < -0.4 is 0 Å². The van der Waals surface area contributed by atoms with Crippen LogP contribution in [0.2, 0.25) is 0 Å². The van der Waals surface area contributed by atoms with Crippen LogP contribution in [0.4, 0.5) is 0 Å². The van der Waals surface area contributed by atoms with Gasteiger partial charge in [-0.25, -0.2) is 0 Å². The van der Waals surface area contributed by atoms with Crippen molar-refractivity contribution in [3.05, 3.63) is 0 Å². The van der Waals surface area contributed by atoms with Crippen LogP contribution in [0.15, 0.2) is 0 Å². The number of aliphatic hydroxyl groups excluding tert-OH is 1. The molecule has 0 saturated carbocycles. The van der Waals surface area contributed by atoms with Crippen molar-refractivity contribution in [1.82, 2.24) is 0 Å². The van der Waals surface area contributed by atoms with Crippen LogP contribution in [0, 0.1) is 0 Å². The molecule has 2 nitrogen and oxygen atoms in total. The Balaban J connectivity index is 3.01. The monoisotopic (exact) mass is 160 g/mol. The van der Waals surface area contributed by atoms with Crippen molar-refractivity contribution in [2.45, 2.75) is 52.2 Å². The number of aliphatic hydroxyl groups is 1. The first-order valence-electron chi connectivity index (χ1n) is 4.46. The van der Waals surface area contributed by atoms with Gasteiger partial charge in [0.15, 0.2) is 0 Å². The second-order valence-electron chi connectivity index (χ2n) is 3.12. The fourth-order valence-corrected chi connectivity index (χ4v) is 0.842. The number of hydrogen-bond acceptors (Lipinski definition) is 2. The van der Waals surface area contributed by atoms with Gasteiger partial charge < -0.3 is 9.84 Å². The van der Waals surface area contributed by atoms with Crippen molar-refractivity contribution >= 4 is 0 Å². The van der Waals surface area contributed by atoms with E-state index < -0.39 is 0 Å². The van der Waals surface area contributed by atoms with Crippen LogP contribution in [0.5, 0.6) is 0 Å².